The zero-order valence-corrected chi connectivity index (χ0v) is 8.50. The Kier molecular flexibility index (Phi) is 4.27. The molecule has 1 fully saturated rings. The van der Waals surface area contributed by atoms with Crippen molar-refractivity contribution in [3.63, 3.8) is 0 Å². The molecule has 1 rings (SSSR count). The van der Waals surface area contributed by atoms with Crippen molar-refractivity contribution in [3.8, 4) is 12.3 Å². The van der Waals surface area contributed by atoms with Gasteiger partial charge in [-0.05, 0) is 25.8 Å². The van der Waals surface area contributed by atoms with Crippen LogP contribution in [-0.2, 0) is 0 Å². The maximum Gasteiger partial charge on any atom is 0.0596 e. The molecule has 0 aromatic rings. The van der Waals surface area contributed by atoms with Crippen molar-refractivity contribution < 1.29 is 0 Å². The van der Waals surface area contributed by atoms with Crippen LogP contribution in [0.5, 0.6) is 0 Å². The SMILES string of the molecule is C#CCN(C)CC1CCCCC1N. The summed E-state index contributed by atoms with van der Waals surface area (Å²) in [6.45, 7) is 1.80. The molecule has 2 heteroatoms. The van der Waals surface area contributed by atoms with E-state index in [0.717, 1.165) is 13.1 Å². The van der Waals surface area contributed by atoms with Crippen LogP contribution in [-0.4, -0.2) is 31.1 Å². The summed E-state index contributed by atoms with van der Waals surface area (Å²) in [7, 11) is 2.07. The van der Waals surface area contributed by atoms with E-state index in [-0.39, 0.29) is 0 Å². The van der Waals surface area contributed by atoms with Gasteiger partial charge in [0.05, 0.1) is 6.54 Å². The van der Waals surface area contributed by atoms with E-state index in [0.29, 0.717) is 12.0 Å². The number of rotatable bonds is 3. The lowest BCUT2D eigenvalue weighted by molar-refractivity contribution is 0.225. The summed E-state index contributed by atoms with van der Waals surface area (Å²) in [5.41, 5.74) is 6.05. The fourth-order valence-electron chi connectivity index (χ4n) is 2.08. The minimum absolute atomic E-state index is 0.397. The summed E-state index contributed by atoms with van der Waals surface area (Å²) in [6.07, 6.45) is 10.3. The Morgan fingerprint density at radius 2 is 2.15 bits per heavy atom. The van der Waals surface area contributed by atoms with Gasteiger partial charge in [-0.2, -0.15) is 0 Å². The minimum Gasteiger partial charge on any atom is -0.327 e. The molecule has 2 atom stereocenters. The second-order valence-corrected chi connectivity index (χ2v) is 4.11. The molecule has 0 spiro atoms. The number of hydrogen-bond acceptors (Lipinski definition) is 2. The predicted molar refractivity (Wildman–Crippen MR) is 56.3 cm³/mol. The smallest absolute Gasteiger partial charge is 0.0596 e. The largest absolute Gasteiger partial charge is 0.327 e. The van der Waals surface area contributed by atoms with E-state index in [2.05, 4.69) is 17.9 Å². The van der Waals surface area contributed by atoms with E-state index in [1.54, 1.807) is 0 Å². The van der Waals surface area contributed by atoms with Gasteiger partial charge in [-0.25, -0.2) is 0 Å². The summed E-state index contributed by atoms with van der Waals surface area (Å²) >= 11 is 0. The highest BCUT2D eigenvalue weighted by molar-refractivity contribution is 4.89. The van der Waals surface area contributed by atoms with Crippen LogP contribution < -0.4 is 5.73 Å². The Balaban J connectivity index is 2.30. The lowest BCUT2D eigenvalue weighted by Gasteiger charge is -2.31. The molecule has 0 bridgehead atoms. The van der Waals surface area contributed by atoms with Gasteiger partial charge in [0, 0.05) is 12.6 Å². The molecule has 0 aliphatic heterocycles. The number of nitrogens with zero attached hydrogens (tertiary/aromatic N) is 1. The molecule has 0 radical (unpaired) electrons. The van der Waals surface area contributed by atoms with Crippen LogP contribution in [0.15, 0.2) is 0 Å². The van der Waals surface area contributed by atoms with Crippen LogP contribution >= 0.6 is 0 Å². The Bertz CT molecular complexity index is 183. The van der Waals surface area contributed by atoms with E-state index in [1.807, 2.05) is 0 Å². The molecular weight excluding hydrogens is 160 g/mol. The van der Waals surface area contributed by atoms with E-state index in [4.69, 9.17) is 12.2 Å². The van der Waals surface area contributed by atoms with Gasteiger partial charge in [0.2, 0.25) is 0 Å². The molecule has 0 aromatic heterocycles. The third kappa shape index (κ3) is 3.38. The highest BCUT2D eigenvalue weighted by Gasteiger charge is 2.22. The topological polar surface area (TPSA) is 29.3 Å². The fourth-order valence-corrected chi connectivity index (χ4v) is 2.08. The number of terminal acetylenes is 1. The monoisotopic (exact) mass is 180 g/mol. The first-order valence-electron chi connectivity index (χ1n) is 5.11. The van der Waals surface area contributed by atoms with Crippen molar-refractivity contribution in [2.75, 3.05) is 20.1 Å². The van der Waals surface area contributed by atoms with Gasteiger partial charge in [0.15, 0.2) is 0 Å². The lowest BCUT2D eigenvalue weighted by Crippen LogP contribution is -2.40. The Hall–Kier alpha value is -0.520. The first-order valence-corrected chi connectivity index (χ1v) is 5.11. The molecule has 1 aliphatic rings. The van der Waals surface area contributed by atoms with Crippen molar-refractivity contribution in [2.45, 2.75) is 31.7 Å². The Labute approximate surface area is 81.5 Å². The molecule has 0 amide bonds. The zero-order chi connectivity index (χ0) is 9.68. The normalized spacial score (nSPS) is 28.8. The summed E-state index contributed by atoms with van der Waals surface area (Å²) in [5, 5.41) is 0. The summed E-state index contributed by atoms with van der Waals surface area (Å²) in [4.78, 5) is 2.19. The van der Waals surface area contributed by atoms with Crippen molar-refractivity contribution in [1.29, 1.82) is 0 Å². The van der Waals surface area contributed by atoms with Crippen LogP contribution in [0.3, 0.4) is 0 Å². The number of nitrogens with two attached hydrogens (primary N) is 1. The van der Waals surface area contributed by atoms with Crippen LogP contribution in [0.2, 0.25) is 0 Å². The van der Waals surface area contributed by atoms with Crippen molar-refractivity contribution in [3.05, 3.63) is 0 Å². The molecule has 2 unspecified atom stereocenters. The molecule has 0 aromatic carbocycles. The van der Waals surface area contributed by atoms with E-state index >= 15 is 0 Å². The molecule has 0 saturated heterocycles. The maximum absolute atomic E-state index is 6.05. The quantitative estimate of drug-likeness (QED) is 0.658. The molecular formula is C11H20N2. The van der Waals surface area contributed by atoms with E-state index < -0.39 is 0 Å². The second-order valence-electron chi connectivity index (χ2n) is 4.11. The highest BCUT2D eigenvalue weighted by Crippen LogP contribution is 2.23. The van der Waals surface area contributed by atoms with Gasteiger partial charge in [-0.1, -0.05) is 18.8 Å². The molecule has 74 valence electrons. The lowest BCUT2D eigenvalue weighted by atomic mass is 9.85. The van der Waals surface area contributed by atoms with Crippen molar-refractivity contribution >= 4 is 0 Å². The van der Waals surface area contributed by atoms with Crippen LogP contribution in [0, 0.1) is 18.3 Å². The standard InChI is InChI=1S/C11H20N2/c1-3-8-13(2)9-10-6-4-5-7-11(10)12/h1,10-11H,4-9,12H2,2H3. The molecule has 1 aliphatic carbocycles. The molecule has 1 saturated carbocycles. The van der Waals surface area contributed by atoms with Crippen LogP contribution in [0.4, 0.5) is 0 Å². The molecule has 2 nitrogen and oxygen atoms in total. The van der Waals surface area contributed by atoms with Gasteiger partial charge >= 0.3 is 0 Å². The Morgan fingerprint density at radius 3 is 2.77 bits per heavy atom. The highest BCUT2D eigenvalue weighted by atomic mass is 15.1. The molecule has 0 heterocycles. The zero-order valence-electron chi connectivity index (χ0n) is 8.50. The van der Waals surface area contributed by atoms with E-state index in [1.165, 1.54) is 25.7 Å². The van der Waals surface area contributed by atoms with Crippen LogP contribution in [0.25, 0.3) is 0 Å². The van der Waals surface area contributed by atoms with E-state index in [9.17, 15) is 0 Å². The average molecular weight is 180 g/mol. The molecule has 2 N–H and O–H groups in total. The predicted octanol–water partition coefficient (Wildman–Crippen LogP) is 1.07. The minimum atomic E-state index is 0.397. The first kappa shape index (κ1) is 10.6. The van der Waals surface area contributed by atoms with Crippen LogP contribution in [0.1, 0.15) is 25.7 Å². The third-order valence-corrected chi connectivity index (χ3v) is 2.88. The van der Waals surface area contributed by atoms with Gasteiger partial charge in [0.1, 0.15) is 0 Å². The van der Waals surface area contributed by atoms with Crippen molar-refractivity contribution in [1.82, 2.24) is 4.90 Å². The summed E-state index contributed by atoms with van der Waals surface area (Å²) < 4.78 is 0. The van der Waals surface area contributed by atoms with Gasteiger partial charge < -0.3 is 5.73 Å². The van der Waals surface area contributed by atoms with Gasteiger partial charge in [-0.3, -0.25) is 4.90 Å². The van der Waals surface area contributed by atoms with Gasteiger partial charge in [0.25, 0.3) is 0 Å². The van der Waals surface area contributed by atoms with Crippen molar-refractivity contribution in [2.24, 2.45) is 11.7 Å². The summed E-state index contributed by atoms with van der Waals surface area (Å²) in [6, 6.07) is 0.397. The fraction of sp³-hybridized carbons (Fsp3) is 0.818. The average Bonchev–Trinajstić information content (AvgIpc) is 2.09. The summed E-state index contributed by atoms with van der Waals surface area (Å²) in [5.74, 6) is 3.32. The second kappa shape index (κ2) is 5.26. The first-order chi connectivity index (χ1) is 6.24. The van der Waals surface area contributed by atoms with Gasteiger partial charge in [-0.15, -0.1) is 6.42 Å². The molecule has 13 heavy (non-hydrogen) atoms. The Morgan fingerprint density at radius 1 is 1.46 bits per heavy atom. The maximum atomic E-state index is 6.05. The number of hydrogen-bond donors (Lipinski definition) is 1. The third-order valence-electron chi connectivity index (χ3n) is 2.88.